The number of halogens is 1. The lowest BCUT2D eigenvalue weighted by molar-refractivity contribution is 0.0864. The average Bonchev–Trinajstić information content (AvgIpc) is 4.15. The molecule has 0 fully saturated rings. The molecular weight excluding hydrogens is 800 g/mol. The number of benzene rings is 6. The molecule has 62 heavy (non-hydrogen) atoms. The van der Waals surface area contributed by atoms with Crippen LogP contribution < -0.4 is 10.6 Å². The van der Waals surface area contributed by atoms with Crippen LogP contribution in [-0.4, -0.2) is 59.3 Å². The number of aliphatic hydroxyl groups excluding tert-OH is 1. The van der Waals surface area contributed by atoms with Crippen LogP contribution in [0.15, 0.2) is 121 Å². The van der Waals surface area contributed by atoms with E-state index in [2.05, 4.69) is 41.9 Å². The van der Waals surface area contributed by atoms with Crippen LogP contribution in [0.25, 0.3) is 87.2 Å². The molecule has 4 amide bonds. The molecule has 11 nitrogen and oxygen atoms in total. The second-order valence-corrected chi connectivity index (χ2v) is 17.1. The van der Waals surface area contributed by atoms with Crippen LogP contribution in [0.3, 0.4) is 0 Å². The van der Waals surface area contributed by atoms with E-state index in [-0.39, 0.29) is 41.1 Å². The van der Waals surface area contributed by atoms with Crippen molar-refractivity contribution in [1.29, 1.82) is 0 Å². The lowest BCUT2D eigenvalue weighted by atomic mass is 9.96. The number of imide groups is 2. The number of nitrogens with one attached hydrogen (secondary N) is 4. The third-order valence-corrected chi connectivity index (χ3v) is 13.6. The molecule has 14 rings (SSSR count). The highest BCUT2D eigenvalue weighted by Gasteiger charge is 2.38. The van der Waals surface area contributed by atoms with E-state index in [0.29, 0.717) is 28.7 Å². The Labute approximate surface area is 355 Å². The number of hydrogen-bond acceptors (Lipinski definition) is 5. The fourth-order valence-corrected chi connectivity index (χ4v) is 11.2. The number of aromatic amines is 2. The van der Waals surface area contributed by atoms with Crippen LogP contribution in [0.2, 0.25) is 0 Å². The molecule has 6 aromatic carbocycles. The molecule has 12 heteroatoms. The highest BCUT2D eigenvalue weighted by atomic mass is 35.5. The number of hydrogen-bond donors (Lipinski definition) is 5. The van der Waals surface area contributed by atoms with Gasteiger partial charge in [-0.3, -0.25) is 29.8 Å². The summed E-state index contributed by atoms with van der Waals surface area (Å²) in [5.74, 6) is -1.39. The van der Waals surface area contributed by atoms with Crippen LogP contribution in [0.4, 0.5) is 0 Å². The van der Waals surface area contributed by atoms with Gasteiger partial charge in [-0.15, -0.1) is 11.6 Å². The van der Waals surface area contributed by atoms with Gasteiger partial charge in [0.25, 0.3) is 23.6 Å². The number of aromatic nitrogens is 4. The van der Waals surface area contributed by atoms with Crippen molar-refractivity contribution in [2.45, 2.75) is 36.4 Å². The summed E-state index contributed by atoms with van der Waals surface area (Å²) >= 11 is 6.43. The van der Waals surface area contributed by atoms with Gasteiger partial charge in [0.15, 0.2) is 0 Å². The summed E-state index contributed by atoms with van der Waals surface area (Å²) < 4.78 is 4.48. The van der Waals surface area contributed by atoms with Crippen molar-refractivity contribution >= 4 is 122 Å². The minimum absolute atomic E-state index is 0.0290. The van der Waals surface area contributed by atoms with Gasteiger partial charge in [-0.2, -0.15) is 0 Å². The van der Waals surface area contributed by atoms with E-state index in [1.165, 1.54) is 0 Å². The Kier molecular flexibility index (Phi) is 7.14. The van der Waals surface area contributed by atoms with E-state index in [9.17, 15) is 24.3 Å². The van der Waals surface area contributed by atoms with E-state index in [0.717, 1.165) is 93.6 Å². The number of carbonyl (C=O) groups is 4. The van der Waals surface area contributed by atoms with Crippen LogP contribution >= 0.6 is 11.6 Å². The largest absolute Gasteiger partial charge is 0.389 e. The fraction of sp³-hybridized carbons (Fsp3) is 0.120. The Bertz CT molecular complexity index is 3560. The Hall–Kier alpha value is -7.47. The number of H-pyrrole nitrogens is 2. The van der Waals surface area contributed by atoms with Gasteiger partial charge in [-0.1, -0.05) is 97.1 Å². The van der Waals surface area contributed by atoms with E-state index in [1.54, 1.807) is 0 Å². The summed E-state index contributed by atoms with van der Waals surface area (Å²) in [6.45, 7) is 0. The average molecular weight is 833 g/mol. The van der Waals surface area contributed by atoms with Crippen LogP contribution in [0.1, 0.15) is 66.4 Å². The van der Waals surface area contributed by atoms with Crippen molar-refractivity contribution < 1.29 is 24.3 Å². The zero-order valence-corrected chi connectivity index (χ0v) is 33.4. The molecule has 4 aliphatic rings. The smallest absolute Gasteiger partial charge is 0.259 e. The number of alkyl halides is 1. The van der Waals surface area contributed by atoms with Crippen LogP contribution in [0.5, 0.6) is 0 Å². The molecule has 2 aliphatic carbocycles. The number of nitrogens with zero attached hydrogens (tertiary/aromatic N) is 2. The van der Waals surface area contributed by atoms with Crippen molar-refractivity contribution in [3.05, 3.63) is 144 Å². The van der Waals surface area contributed by atoms with E-state index >= 15 is 0 Å². The van der Waals surface area contributed by atoms with Crippen molar-refractivity contribution in [3.8, 4) is 0 Å². The molecule has 2 aliphatic heterocycles. The quantitative estimate of drug-likeness (QED) is 0.0667. The van der Waals surface area contributed by atoms with Gasteiger partial charge in [-0.25, -0.2) is 0 Å². The van der Waals surface area contributed by atoms with Crippen LogP contribution in [-0.2, 0) is 0 Å². The SMILES string of the molecule is O=C1NC(=O)c2c1c1c3ccccc3[nH]c1c1c2c2ccccc2n1C1C=C[C@@H](O)C1.O=C1NC(=O)c2c1c1c3ccccc3[nH]c1c1c2c2ccccc2n1C1C=C[C@H](Cl)C1. The van der Waals surface area contributed by atoms with Crippen molar-refractivity contribution in [1.82, 2.24) is 29.7 Å². The van der Waals surface area contributed by atoms with Crippen molar-refractivity contribution in [3.63, 3.8) is 0 Å². The zero-order chi connectivity index (χ0) is 41.7. The van der Waals surface area contributed by atoms with E-state index < -0.39 is 6.10 Å². The van der Waals surface area contributed by atoms with E-state index in [4.69, 9.17) is 11.6 Å². The van der Waals surface area contributed by atoms with Gasteiger partial charge < -0.3 is 24.2 Å². The van der Waals surface area contributed by atoms with E-state index in [1.807, 2.05) is 109 Å². The summed E-state index contributed by atoms with van der Waals surface area (Å²) in [5, 5.41) is 22.1. The van der Waals surface area contributed by atoms with Crippen molar-refractivity contribution in [2.24, 2.45) is 0 Å². The molecule has 0 spiro atoms. The number of para-hydroxylation sites is 4. The highest BCUT2D eigenvalue weighted by Crippen LogP contribution is 2.48. The van der Waals surface area contributed by atoms with Gasteiger partial charge in [0.05, 0.1) is 67.9 Å². The summed E-state index contributed by atoms with van der Waals surface area (Å²) in [6.07, 6.45) is 8.84. The Morgan fingerprint density at radius 3 is 1.32 bits per heavy atom. The number of carbonyl (C=O) groups excluding carboxylic acids is 4. The number of allylic oxidation sites excluding steroid dienone is 3. The molecule has 4 atom stereocenters. The summed E-state index contributed by atoms with van der Waals surface area (Å²) in [5.41, 5.74) is 9.21. The minimum Gasteiger partial charge on any atom is -0.389 e. The lowest BCUT2D eigenvalue weighted by Gasteiger charge is -2.16. The van der Waals surface area contributed by atoms with Gasteiger partial charge >= 0.3 is 0 Å². The maximum atomic E-state index is 13.0. The standard InChI is InChI=1S/C25H16ClN3O2.C25H17N3O3/c26-12-9-10-13(11-12)29-17-8-4-2-6-15(17)19-21-20(24(30)28-25(21)31)18-14-5-1-3-7-16(14)27-22(18)23(19)29;29-13-10-9-12(11-13)28-17-8-4-2-6-15(17)19-21-20(24(30)27-25(21)31)18-14-5-1-3-7-16(14)26-22(18)23(19)28/h1-10,12-13,27H,11H2,(H,28,30,31);1-10,12-13,26,29H,11H2,(H,27,30,31)/t12-,13?;12?,13-/m01/s1. The molecule has 0 bridgehead atoms. The molecule has 0 radical (unpaired) electrons. The highest BCUT2D eigenvalue weighted by molar-refractivity contribution is 6.41. The Morgan fingerprint density at radius 2 is 0.887 bits per heavy atom. The normalized spacial score (nSPS) is 20.5. The third-order valence-electron chi connectivity index (χ3n) is 13.3. The zero-order valence-electron chi connectivity index (χ0n) is 32.6. The maximum Gasteiger partial charge on any atom is 0.259 e. The molecular formula is C50H33ClN6O5. The first-order valence-corrected chi connectivity index (χ1v) is 21.1. The molecule has 6 heterocycles. The molecule has 0 saturated carbocycles. The molecule has 10 aromatic rings. The first kappa shape index (κ1) is 35.3. The number of amides is 4. The predicted molar refractivity (Wildman–Crippen MR) is 242 cm³/mol. The number of fused-ring (bicyclic) bond motifs is 20. The maximum absolute atomic E-state index is 13.0. The number of aliphatic hydroxyl groups is 1. The second kappa shape index (κ2) is 12.5. The molecule has 2 unspecified atom stereocenters. The lowest BCUT2D eigenvalue weighted by Crippen LogP contribution is -2.20. The van der Waals surface area contributed by atoms with Crippen LogP contribution in [0, 0.1) is 0 Å². The second-order valence-electron chi connectivity index (χ2n) is 16.6. The van der Waals surface area contributed by atoms with Gasteiger partial charge in [0.2, 0.25) is 0 Å². The monoisotopic (exact) mass is 832 g/mol. The molecule has 300 valence electrons. The van der Waals surface area contributed by atoms with Gasteiger partial charge in [-0.05, 0) is 30.7 Å². The topological polar surface area (TPSA) is 154 Å². The molecule has 4 aromatic heterocycles. The molecule has 0 saturated heterocycles. The predicted octanol–water partition coefficient (Wildman–Crippen LogP) is 9.60. The summed E-state index contributed by atoms with van der Waals surface area (Å²) in [4.78, 5) is 59.0. The number of rotatable bonds is 2. The third kappa shape index (κ3) is 4.58. The van der Waals surface area contributed by atoms with Gasteiger partial charge in [0.1, 0.15) is 0 Å². The van der Waals surface area contributed by atoms with Gasteiger partial charge in [0, 0.05) is 71.6 Å². The Balaban J connectivity index is 0.000000126. The summed E-state index contributed by atoms with van der Waals surface area (Å²) in [7, 11) is 0. The minimum atomic E-state index is -0.501. The molecule has 5 N–H and O–H groups in total. The first-order chi connectivity index (χ1) is 30.3. The first-order valence-electron chi connectivity index (χ1n) is 20.6. The van der Waals surface area contributed by atoms with Crippen molar-refractivity contribution in [2.75, 3.05) is 0 Å². The summed E-state index contributed by atoms with van der Waals surface area (Å²) in [6, 6.07) is 31.8. The Morgan fingerprint density at radius 1 is 0.484 bits per heavy atom. The fourth-order valence-electron chi connectivity index (χ4n) is 10.9.